The Hall–Kier alpha value is -2.06. The van der Waals surface area contributed by atoms with Crippen LogP contribution in [0, 0.1) is 5.92 Å². The average molecular weight is 378 g/mol. The van der Waals surface area contributed by atoms with E-state index < -0.39 is 19.8 Å². The third-order valence-electron chi connectivity index (χ3n) is 4.26. The molecule has 2 heterocycles. The SMILES string of the molecule is COCc1cnc(C2=NC(C)(C(C)C)C(=O)N2)c(C(=O)O[Si](C)(C)C)c1. The highest BCUT2D eigenvalue weighted by Crippen LogP contribution is 2.27. The predicted octanol–water partition coefficient (Wildman–Crippen LogP) is 2.51. The minimum Gasteiger partial charge on any atom is -0.516 e. The van der Waals surface area contributed by atoms with E-state index in [0.717, 1.165) is 5.56 Å². The summed E-state index contributed by atoms with van der Waals surface area (Å²) in [6.45, 7) is 11.8. The van der Waals surface area contributed by atoms with E-state index in [1.807, 2.05) is 33.5 Å². The quantitative estimate of drug-likeness (QED) is 0.769. The Morgan fingerprint density at radius 1 is 1.35 bits per heavy atom. The van der Waals surface area contributed by atoms with Crippen LogP contribution >= 0.6 is 0 Å². The second kappa shape index (κ2) is 7.28. The minimum atomic E-state index is -2.10. The van der Waals surface area contributed by atoms with Gasteiger partial charge < -0.3 is 14.5 Å². The van der Waals surface area contributed by atoms with Crippen molar-refractivity contribution in [3.63, 3.8) is 0 Å². The van der Waals surface area contributed by atoms with Crippen LogP contribution in [0.1, 0.15) is 42.4 Å². The van der Waals surface area contributed by atoms with E-state index in [9.17, 15) is 9.59 Å². The van der Waals surface area contributed by atoms with Gasteiger partial charge in [-0.05, 0) is 44.1 Å². The highest BCUT2D eigenvalue weighted by atomic mass is 28.4. The van der Waals surface area contributed by atoms with Crippen molar-refractivity contribution in [2.24, 2.45) is 10.9 Å². The van der Waals surface area contributed by atoms with Crippen LogP contribution < -0.4 is 5.32 Å². The van der Waals surface area contributed by atoms with Gasteiger partial charge >= 0.3 is 5.97 Å². The first kappa shape index (κ1) is 20.3. The van der Waals surface area contributed by atoms with E-state index in [1.165, 1.54) is 0 Å². The highest BCUT2D eigenvalue weighted by molar-refractivity contribution is 6.71. The normalized spacial score (nSPS) is 20.2. The molecule has 1 unspecified atom stereocenters. The van der Waals surface area contributed by atoms with Crippen molar-refractivity contribution in [1.82, 2.24) is 10.3 Å². The number of amidine groups is 1. The molecule has 0 bridgehead atoms. The van der Waals surface area contributed by atoms with Gasteiger partial charge in [-0.1, -0.05) is 13.8 Å². The molecule has 1 N–H and O–H groups in total. The summed E-state index contributed by atoms with van der Waals surface area (Å²) in [5, 5.41) is 2.77. The van der Waals surface area contributed by atoms with Gasteiger partial charge in [-0.15, -0.1) is 0 Å². The number of nitrogens with zero attached hydrogens (tertiary/aromatic N) is 2. The van der Waals surface area contributed by atoms with Crippen LogP contribution in [0.4, 0.5) is 0 Å². The molecule has 26 heavy (non-hydrogen) atoms. The van der Waals surface area contributed by atoms with Gasteiger partial charge in [0.25, 0.3) is 5.91 Å². The first-order valence-corrected chi connectivity index (χ1v) is 12.0. The molecule has 0 fully saturated rings. The molecule has 1 aromatic heterocycles. The number of amides is 1. The number of pyridine rings is 1. The Morgan fingerprint density at radius 3 is 2.50 bits per heavy atom. The molecule has 1 aliphatic heterocycles. The lowest BCUT2D eigenvalue weighted by Gasteiger charge is -2.21. The fourth-order valence-corrected chi connectivity index (χ4v) is 3.15. The van der Waals surface area contributed by atoms with Crippen molar-refractivity contribution in [2.75, 3.05) is 7.11 Å². The number of hydrogen-bond donors (Lipinski definition) is 1. The number of aromatic nitrogens is 1. The smallest absolute Gasteiger partial charge is 0.327 e. The van der Waals surface area contributed by atoms with Crippen molar-refractivity contribution in [2.45, 2.75) is 52.6 Å². The number of carbonyl (C=O) groups is 2. The summed E-state index contributed by atoms with van der Waals surface area (Å²) in [7, 11) is -0.524. The summed E-state index contributed by atoms with van der Waals surface area (Å²) in [5.41, 5.74) is 0.470. The number of rotatable bonds is 6. The molecule has 0 radical (unpaired) electrons. The fourth-order valence-electron chi connectivity index (χ4n) is 2.48. The van der Waals surface area contributed by atoms with Crippen molar-refractivity contribution in [3.8, 4) is 0 Å². The first-order chi connectivity index (χ1) is 12.0. The molecule has 1 atom stereocenters. The topological polar surface area (TPSA) is 89.9 Å². The van der Waals surface area contributed by atoms with Crippen LogP contribution in [0.25, 0.3) is 0 Å². The number of hydrogen-bond acceptors (Lipinski definition) is 6. The zero-order chi connectivity index (χ0) is 19.7. The highest BCUT2D eigenvalue weighted by Gasteiger charge is 2.43. The van der Waals surface area contributed by atoms with Crippen LogP contribution in [0.5, 0.6) is 0 Å². The van der Waals surface area contributed by atoms with Gasteiger partial charge in [0.1, 0.15) is 11.2 Å². The lowest BCUT2D eigenvalue weighted by atomic mass is 9.89. The molecule has 2 rings (SSSR count). The van der Waals surface area contributed by atoms with Crippen molar-refractivity contribution in [3.05, 3.63) is 29.1 Å². The fraction of sp³-hybridized carbons (Fsp3) is 0.556. The molecule has 1 aliphatic rings. The van der Waals surface area contributed by atoms with Gasteiger partial charge in [0, 0.05) is 13.3 Å². The van der Waals surface area contributed by atoms with E-state index in [4.69, 9.17) is 9.16 Å². The maximum atomic E-state index is 12.7. The summed E-state index contributed by atoms with van der Waals surface area (Å²) in [6, 6.07) is 1.69. The maximum Gasteiger partial charge on any atom is 0.327 e. The molecular weight excluding hydrogens is 350 g/mol. The molecule has 0 aliphatic carbocycles. The Kier molecular flexibility index (Phi) is 5.67. The van der Waals surface area contributed by atoms with E-state index >= 15 is 0 Å². The third kappa shape index (κ3) is 4.18. The van der Waals surface area contributed by atoms with Crippen molar-refractivity contribution >= 4 is 26.0 Å². The number of aliphatic imine (C=N–C) groups is 1. The van der Waals surface area contributed by atoms with Crippen LogP contribution in [0.2, 0.25) is 19.6 Å². The van der Waals surface area contributed by atoms with Gasteiger partial charge in [0.05, 0.1) is 12.2 Å². The Balaban J connectivity index is 2.52. The standard InChI is InChI=1S/C18H27N3O4Si/c1-11(2)18(3)17(23)20-15(21-18)14-13(16(22)25-26(5,6)7)8-12(9-19-14)10-24-4/h8-9,11H,10H2,1-7H3,(H,20,21,23). The van der Waals surface area contributed by atoms with Gasteiger partial charge in [0.15, 0.2) is 5.84 Å². The molecule has 1 amide bonds. The summed E-state index contributed by atoms with van der Waals surface area (Å²) < 4.78 is 10.8. The molecular formula is C18H27N3O4Si. The molecule has 7 nitrogen and oxygen atoms in total. The molecule has 0 saturated carbocycles. The predicted molar refractivity (Wildman–Crippen MR) is 102 cm³/mol. The van der Waals surface area contributed by atoms with Crippen LogP contribution in [-0.2, 0) is 20.6 Å². The zero-order valence-electron chi connectivity index (χ0n) is 16.5. The van der Waals surface area contributed by atoms with Crippen LogP contribution in [0.3, 0.4) is 0 Å². The van der Waals surface area contributed by atoms with Crippen molar-refractivity contribution in [1.29, 1.82) is 0 Å². The molecule has 0 aromatic carbocycles. The Morgan fingerprint density at radius 2 is 2.00 bits per heavy atom. The van der Waals surface area contributed by atoms with Crippen molar-refractivity contribution < 1.29 is 18.8 Å². The zero-order valence-corrected chi connectivity index (χ0v) is 17.5. The molecule has 0 saturated heterocycles. The molecule has 142 valence electrons. The van der Waals surface area contributed by atoms with E-state index in [1.54, 1.807) is 26.3 Å². The number of nitrogens with one attached hydrogen (secondary N) is 1. The Bertz CT molecular complexity index is 755. The third-order valence-corrected chi connectivity index (χ3v) is 5.06. The minimum absolute atomic E-state index is 0.00477. The summed E-state index contributed by atoms with van der Waals surface area (Å²) in [6.07, 6.45) is 1.61. The molecule has 8 heteroatoms. The largest absolute Gasteiger partial charge is 0.516 e. The van der Waals surface area contributed by atoms with Gasteiger partial charge in [-0.2, -0.15) is 0 Å². The second-order valence-corrected chi connectivity index (χ2v) is 12.3. The summed E-state index contributed by atoms with van der Waals surface area (Å²) in [4.78, 5) is 34.1. The summed E-state index contributed by atoms with van der Waals surface area (Å²) >= 11 is 0. The van der Waals surface area contributed by atoms with E-state index in [-0.39, 0.29) is 17.4 Å². The van der Waals surface area contributed by atoms with Crippen LogP contribution in [0.15, 0.2) is 17.3 Å². The number of methoxy groups -OCH3 is 1. The second-order valence-electron chi connectivity index (χ2n) is 7.89. The number of carbonyl (C=O) groups excluding carboxylic acids is 2. The Labute approximate surface area is 155 Å². The van der Waals surface area contributed by atoms with E-state index in [2.05, 4.69) is 15.3 Å². The van der Waals surface area contributed by atoms with Gasteiger partial charge in [0.2, 0.25) is 8.32 Å². The van der Waals surface area contributed by atoms with E-state index in [0.29, 0.717) is 18.1 Å². The maximum absolute atomic E-state index is 12.7. The average Bonchev–Trinajstić information content (AvgIpc) is 2.82. The van der Waals surface area contributed by atoms with Gasteiger partial charge in [-0.3, -0.25) is 9.78 Å². The van der Waals surface area contributed by atoms with Gasteiger partial charge in [-0.25, -0.2) is 9.79 Å². The lowest BCUT2D eigenvalue weighted by Crippen LogP contribution is -2.41. The van der Waals surface area contributed by atoms with Crippen LogP contribution in [-0.4, -0.2) is 43.7 Å². The monoisotopic (exact) mass is 377 g/mol. The molecule has 1 aromatic rings. The summed E-state index contributed by atoms with van der Waals surface area (Å²) in [5.74, 6) is -0.350. The molecule has 0 spiro atoms. The number of ether oxygens (including phenoxy) is 1. The lowest BCUT2D eigenvalue weighted by molar-refractivity contribution is -0.124. The first-order valence-electron chi connectivity index (χ1n) is 8.61.